The second kappa shape index (κ2) is 6.33. The lowest BCUT2D eigenvalue weighted by atomic mass is 9.84. The van der Waals surface area contributed by atoms with Gasteiger partial charge in [-0.05, 0) is 13.8 Å². The van der Waals surface area contributed by atoms with Crippen molar-refractivity contribution in [2.75, 3.05) is 27.4 Å². The van der Waals surface area contributed by atoms with Gasteiger partial charge < -0.3 is 14.2 Å². The maximum absolute atomic E-state index is 12.0. The van der Waals surface area contributed by atoms with Gasteiger partial charge in [-0.15, -0.1) is 0 Å². The topological polar surface area (TPSA) is 56.8 Å². The molecule has 2 unspecified atom stereocenters. The molecule has 0 spiro atoms. The number of esters is 1. The molecule has 0 aromatic rings. The van der Waals surface area contributed by atoms with E-state index >= 15 is 0 Å². The van der Waals surface area contributed by atoms with Crippen LogP contribution in [0.3, 0.4) is 0 Å². The average Bonchev–Trinajstić information content (AvgIpc) is 2.27. The fourth-order valence-corrected chi connectivity index (χ4v) is 2.53. The second-order valence-electron chi connectivity index (χ2n) is 4.66. The van der Waals surface area contributed by atoms with E-state index in [1.54, 1.807) is 7.11 Å². The molecule has 0 bridgehead atoms. The van der Waals surface area contributed by atoms with Gasteiger partial charge in [-0.25, -0.2) is 0 Å². The van der Waals surface area contributed by atoms with Crippen LogP contribution in [-0.4, -0.2) is 51.1 Å². The Hall–Kier alpha value is -0.650. The number of carbonyl (C=O) groups excluding carboxylic acids is 1. The van der Waals surface area contributed by atoms with E-state index in [0.717, 1.165) is 0 Å². The van der Waals surface area contributed by atoms with Crippen molar-refractivity contribution >= 4 is 5.97 Å². The van der Waals surface area contributed by atoms with Crippen molar-refractivity contribution in [2.24, 2.45) is 0 Å². The minimum atomic E-state index is -0.635. The molecule has 0 radical (unpaired) electrons. The first-order valence-electron chi connectivity index (χ1n) is 6.02. The number of ether oxygens (including phenoxy) is 3. The molecule has 1 fully saturated rings. The van der Waals surface area contributed by atoms with Crippen LogP contribution in [0.2, 0.25) is 0 Å². The summed E-state index contributed by atoms with van der Waals surface area (Å²) < 4.78 is 15.6. The maximum atomic E-state index is 12.0. The first-order valence-corrected chi connectivity index (χ1v) is 6.02. The number of rotatable bonds is 5. The second-order valence-corrected chi connectivity index (χ2v) is 4.66. The Morgan fingerprint density at radius 3 is 2.41 bits per heavy atom. The first-order chi connectivity index (χ1) is 8.04. The van der Waals surface area contributed by atoms with E-state index in [1.807, 2.05) is 13.8 Å². The molecule has 5 nitrogen and oxygen atoms in total. The van der Waals surface area contributed by atoms with Crippen molar-refractivity contribution in [1.82, 2.24) is 5.32 Å². The molecule has 17 heavy (non-hydrogen) atoms. The summed E-state index contributed by atoms with van der Waals surface area (Å²) in [5.74, 6) is -0.212. The zero-order chi connectivity index (χ0) is 12.9. The summed E-state index contributed by atoms with van der Waals surface area (Å²) in [6.45, 7) is 5.16. The lowest BCUT2D eigenvalue weighted by molar-refractivity contribution is -0.159. The minimum absolute atomic E-state index is 0.0490. The predicted octanol–water partition coefficient (Wildman–Crippen LogP) is 0.722. The largest absolute Gasteiger partial charge is 0.468 e. The van der Waals surface area contributed by atoms with Crippen LogP contribution in [-0.2, 0) is 19.0 Å². The Labute approximate surface area is 103 Å². The van der Waals surface area contributed by atoms with Gasteiger partial charge in [-0.2, -0.15) is 0 Å². The Kier molecular flexibility index (Phi) is 5.36. The lowest BCUT2D eigenvalue weighted by Crippen LogP contribution is -2.59. The molecule has 5 heteroatoms. The summed E-state index contributed by atoms with van der Waals surface area (Å²) in [6, 6.07) is 0. The van der Waals surface area contributed by atoms with Crippen LogP contribution in [0.15, 0.2) is 0 Å². The monoisotopic (exact) mass is 245 g/mol. The summed E-state index contributed by atoms with van der Waals surface area (Å²) in [4.78, 5) is 12.0. The molecular weight excluding hydrogens is 222 g/mol. The van der Waals surface area contributed by atoms with Gasteiger partial charge in [0.15, 0.2) is 0 Å². The fourth-order valence-electron chi connectivity index (χ4n) is 2.53. The van der Waals surface area contributed by atoms with Crippen molar-refractivity contribution in [3.05, 3.63) is 0 Å². The molecule has 0 saturated carbocycles. The van der Waals surface area contributed by atoms with Crippen LogP contribution < -0.4 is 5.32 Å². The van der Waals surface area contributed by atoms with E-state index in [4.69, 9.17) is 14.2 Å². The number of hydrogen-bond donors (Lipinski definition) is 1. The Bertz CT molecular complexity index is 247. The van der Waals surface area contributed by atoms with Gasteiger partial charge >= 0.3 is 5.97 Å². The summed E-state index contributed by atoms with van der Waals surface area (Å²) in [5, 5.41) is 3.27. The van der Waals surface area contributed by atoms with Gasteiger partial charge in [-0.3, -0.25) is 10.1 Å². The molecule has 1 heterocycles. The molecular formula is C12H23NO4. The highest BCUT2D eigenvalue weighted by Crippen LogP contribution is 2.29. The molecule has 1 aliphatic rings. The van der Waals surface area contributed by atoms with Crippen LogP contribution in [0.25, 0.3) is 0 Å². The Morgan fingerprint density at radius 2 is 1.94 bits per heavy atom. The maximum Gasteiger partial charge on any atom is 0.326 e. The van der Waals surface area contributed by atoms with Gasteiger partial charge in [0.05, 0.1) is 25.9 Å². The SMILES string of the molecule is COCCNC1(C(=O)OC)CC(C)OC(C)C1. The molecule has 0 amide bonds. The van der Waals surface area contributed by atoms with Gasteiger partial charge in [0.25, 0.3) is 0 Å². The highest BCUT2D eigenvalue weighted by molar-refractivity contribution is 5.81. The van der Waals surface area contributed by atoms with Crippen LogP contribution in [0.4, 0.5) is 0 Å². The highest BCUT2D eigenvalue weighted by Gasteiger charge is 2.45. The van der Waals surface area contributed by atoms with E-state index in [1.165, 1.54) is 7.11 Å². The normalized spacial score (nSPS) is 33.4. The first kappa shape index (κ1) is 14.4. The molecule has 0 aromatic carbocycles. The average molecular weight is 245 g/mol. The molecule has 1 N–H and O–H groups in total. The van der Waals surface area contributed by atoms with Crippen LogP contribution in [0.5, 0.6) is 0 Å². The quantitative estimate of drug-likeness (QED) is 0.571. The Balaban J connectivity index is 2.73. The van der Waals surface area contributed by atoms with Crippen molar-refractivity contribution < 1.29 is 19.0 Å². The van der Waals surface area contributed by atoms with Crippen molar-refractivity contribution in [3.63, 3.8) is 0 Å². The molecule has 100 valence electrons. The van der Waals surface area contributed by atoms with Crippen molar-refractivity contribution in [1.29, 1.82) is 0 Å². The number of methoxy groups -OCH3 is 2. The number of nitrogens with one attached hydrogen (secondary N) is 1. The predicted molar refractivity (Wildman–Crippen MR) is 63.9 cm³/mol. The van der Waals surface area contributed by atoms with E-state index in [-0.39, 0.29) is 18.2 Å². The van der Waals surface area contributed by atoms with Gasteiger partial charge in [0, 0.05) is 26.5 Å². The van der Waals surface area contributed by atoms with Crippen LogP contribution >= 0.6 is 0 Å². The summed E-state index contributed by atoms with van der Waals surface area (Å²) >= 11 is 0. The molecule has 0 aliphatic carbocycles. The minimum Gasteiger partial charge on any atom is -0.468 e. The van der Waals surface area contributed by atoms with E-state index in [0.29, 0.717) is 26.0 Å². The number of hydrogen-bond acceptors (Lipinski definition) is 5. The third-order valence-electron chi connectivity index (χ3n) is 3.08. The third-order valence-corrected chi connectivity index (χ3v) is 3.08. The summed E-state index contributed by atoms with van der Waals surface area (Å²) in [6.07, 6.45) is 1.36. The lowest BCUT2D eigenvalue weighted by Gasteiger charge is -2.41. The van der Waals surface area contributed by atoms with E-state index in [2.05, 4.69) is 5.32 Å². The standard InChI is InChI=1S/C12H23NO4/c1-9-7-12(11(14)16-4,8-10(2)17-9)13-5-6-15-3/h9-10,13H,5-8H2,1-4H3. The smallest absolute Gasteiger partial charge is 0.326 e. The molecule has 1 saturated heterocycles. The van der Waals surface area contributed by atoms with Gasteiger partial charge in [0.1, 0.15) is 5.54 Å². The molecule has 2 atom stereocenters. The molecule has 1 aliphatic heterocycles. The van der Waals surface area contributed by atoms with Crippen LogP contribution in [0, 0.1) is 0 Å². The number of carbonyl (C=O) groups is 1. The van der Waals surface area contributed by atoms with Crippen molar-refractivity contribution in [2.45, 2.75) is 44.4 Å². The summed E-state index contributed by atoms with van der Waals surface area (Å²) in [7, 11) is 3.06. The highest BCUT2D eigenvalue weighted by atomic mass is 16.5. The van der Waals surface area contributed by atoms with E-state index in [9.17, 15) is 4.79 Å². The Morgan fingerprint density at radius 1 is 1.35 bits per heavy atom. The molecule has 0 aromatic heterocycles. The zero-order valence-electron chi connectivity index (χ0n) is 11.1. The fraction of sp³-hybridized carbons (Fsp3) is 0.917. The van der Waals surface area contributed by atoms with Gasteiger partial charge in [0.2, 0.25) is 0 Å². The van der Waals surface area contributed by atoms with Crippen molar-refractivity contribution in [3.8, 4) is 0 Å². The zero-order valence-corrected chi connectivity index (χ0v) is 11.1. The third kappa shape index (κ3) is 3.66. The van der Waals surface area contributed by atoms with Crippen LogP contribution in [0.1, 0.15) is 26.7 Å². The van der Waals surface area contributed by atoms with Gasteiger partial charge in [-0.1, -0.05) is 0 Å². The van der Waals surface area contributed by atoms with E-state index < -0.39 is 5.54 Å². The summed E-state index contributed by atoms with van der Waals surface area (Å²) in [5.41, 5.74) is -0.635. The molecule has 1 rings (SSSR count).